The number of rotatable bonds is 12. The third kappa shape index (κ3) is 8.01. The Labute approximate surface area is 250 Å². The molecule has 3 rings (SSSR count). The zero-order valence-corrected chi connectivity index (χ0v) is 26.5. The van der Waals surface area contributed by atoms with Crippen LogP contribution in [0.1, 0.15) is 31.9 Å². The largest absolute Gasteiger partial charge is 0.493 e. The Kier molecular flexibility index (Phi) is 10.8. The van der Waals surface area contributed by atoms with Crippen molar-refractivity contribution in [3.8, 4) is 11.5 Å². The summed E-state index contributed by atoms with van der Waals surface area (Å²) in [4.78, 5) is 28.3. The van der Waals surface area contributed by atoms with Crippen LogP contribution in [0.4, 0.5) is 5.69 Å². The summed E-state index contributed by atoms with van der Waals surface area (Å²) in [6.07, 6.45) is 0. The molecule has 41 heavy (non-hydrogen) atoms. The Morgan fingerprint density at radius 3 is 2.07 bits per heavy atom. The molecule has 0 aliphatic heterocycles. The molecule has 2 amide bonds. The van der Waals surface area contributed by atoms with E-state index in [0.717, 1.165) is 19.9 Å². The van der Waals surface area contributed by atoms with Crippen LogP contribution in [0.15, 0.2) is 76.1 Å². The average molecular weight is 647 g/mol. The molecule has 0 heterocycles. The number of ether oxygens (including phenoxy) is 2. The van der Waals surface area contributed by atoms with E-state index in [1.807, 2.05) is 45.0 Å². The number of hydrogen-bond acceptors (Lipinski definition) is 6. The molecule has 3 aromatic rings. The fourth-order valence-electron chi connectivity index (χ4n) is 4.12. The van der Waals surface area contributed by atoms with E-state index in [1.54, 1.807) is 31.2 Å². The summed E-state index contributed by atoms with van der Waals surface area (Å²) in [6.45, 7) is 6.76. The number of nitrogens with one attached hydrogen (secondary N) is 1. The summed E-state index contributed by atoms with van der Waals surface area (Å²) < 4.78 is 40.6. The minimum atomic E-state index is -4.25. The molecule has 0 radical (unpaired) electrons. The van der Waals surface area contributed by atoms with Crippen LogP contribution in [-0.2, 0) is 26.2 Å². The lowest BCUT2D eigenvalue weighted by atomic mass is 10.1. The molecule has 11 heteroatoms. The Morgan fingerprint density at radius 2 is 1.51 bits per heavy atom. The molecule has 1 atom stereocenters. The molecule has 0 aliphatic carbocycles. The van der Waals surface area contributed by atoms with Gasteiger partial charge in [0.2, 0.25) is 11.8 Å². The van der Waals surface area contributed by atoms with Gasteiger partial charge in [-0.3, -0.25) is 13.9 Å². The van der Waals surface area contributed by atoms with Gasteiger partial charge in [-0.2, -0.15) is 0 Å². The second-order valence-electron chi connectivity index (χ2n) is 9.85. The monoisotopic (exact) mass is 645 g/mol. The predicted octanol–water partition coefficient (Wildman–Crippen LogP) is 4.91. The number of aryl methyl sites for hydroxylation is 1. The Balaban J connectivity index is 2.06. The first-order valence-electron chi connectivity index (χ1n) is 13.0. The molecule has 0 saturated carbocycles. The van der Waals surface area contributed by atoms with Crippen LogP contribution in [-0.4, -0.2) is 58.0 Å². The zero-order valence-electron chi connectivity index (χ0n) is 24.0. The average Bonchev–Trinajstić information content (AvgIpc) is 2.94. The minimum Gasteiger partial charge on any atom is -0.493 e. The Hall–Kier alpha value is -3.57. The maximum Gasteiger partial charge on any atom is 0.264 e. The summed E-state index contributed by atoms with van der Waals surface area (Å²) in [5.74, 6) is -0.270. The number of benzene rings is 3. The smallest absolute Gasteiger partial charge is 0.264 e. The van der Waals surface area contributed by atoms with E-state index in [0.29, 0.717) is 11.4 Å². The molecule has 1 N–H and O–H groups in total. The number of amides is 2. The van der Waals surface area contributed by atoms with Crippen LogP contribution in [0.25, 0.3) is 0 Å². The highest BCUT2D eigenvalue weighted by Crippen LogP contribution is 2.32. The van der Waals surface area contributed by atoms with Gasteiger partial charge in [0.05, 0.1) is 24.8 Å². The molecule has 9 nitrogen and oxygen atoms in total. The molecule has 0 spiro atoms. The van der Waals surface area contributed by atoms with Gasteiger partial charge in [0.15, 0.2) is 11.5 Å². The second kappa shape index (κ2) is 13.9. The Bertz CT molecular complexity index is 1460. The van der Waals surface area contributed by atoms with Crippen molar-refractivity contribution >= 4 is 43.5 Å². The lowest BCUT2D eigenvalue weighted by Gasteiger charge is -2.32. The first kappa shape index (κ1) is 32.0. The Morgan fingerprint density at radius 1 is 0.902 bits per heavy atom. The van der Waals surface area contributed by atoms with Gasteiger partial charge in [-0.1, -0.05) is 45.8 Å². The number of sulfonamides is 1. The highest BCUT2D eigenvalue weighted by Gasteiger charge is 2.33. The molecule has 0 aromatic heterocycles. The van der Waals surface area contributed by atoms with Crippen LogP contribution in [0, 0.1) is 6.92 Å². The SMILES string of the molecule is COc1ccc(S(=O)(=O)N(CC(=O)N(Cc2ccc(Br)cc2)[C@@H](C)C(=O)NC(C)C)c2ccc(C)cc2)cc1OC. The molecule has 0 saturated heterocycles. The highest BCUT2D eigenvalue weighted by molar-refractivity contribution is 9.10. The minimum absolute atomic E-state index is 0.0754. The van der Waals surface area contributed by atoms with Crippen molar-refractivity contribution in [2.24, 2.45) is 0 Å². The van der Waals surface area contributed by atoms with E-state index < -0.39 is 28.5 Å². The number of nitrogens with zero attached hydrogens (tertiary/aromatic N) is 2. The summed E-state index contributed by atoms with van der Waals surface area (Å²) in [7, 11) is -1.38. The van der Waals surface area contributed by atoms with Gasteiger partial charge in [-0.25, -0.2) is 8.42 Å². The number of carbonyl (C=O) groups is 2. The maximum atomic E-state index is 14.1. The van der Waals surface area contributed by atoms with E-state index in [1.165, 1.54) is 37.3 Å². The number of halogens is 1. The summed E-state index contributed by atoms with van der Waals surface area (Å²) >= 11 is 3.41. The first-order valence-corrected chi connectivity index (χ1v) is 15.3. The van der Waals surface area contributed by atoms with Crippen LogP contribution in [0.5, 0.6) is 11.5 Å². The molecular formula is C30H36BrN3O6S. The van der Waals surface area contributed by atoms with Crippen molar-refractivity contribution in [3.05, 3.63) is 82.3 Å². The van der Waals surface area contributed by atoms with Crippen LogP contribution in [0.2, 0.25) is 0 Å². The van der Waals surface area contributed by atoms with E-state index in [9.17, 15) is 18.0 Å². The van der Waals surface area contributed by atoms with Crippen molar-refractivity contribution in [2.45, 2.75) is 51.2 Å². The predicted molar refractivity (Wildman–Crippen MR) is 163 cm³/mol. The van der Waals surface area contributed by atoms with Gasteiger partial charge >= 0.3 is 0 Å². The number of methoxy groups -OCH3 is 2. The molecule has 3 aromatic carbocycles. The lowest BCUT2D eigenvalue weighted by Crippen LogP contribution is -2.52. The molecule has 0 fully saturated rings. The number of anilines is 1. The zero-order chi connectivity index (χ0) is 30.3. The van der Waals surface area contributed by atoms with Gasteiger partial charge in [0.25, 0.3) is 10.0 Å². The molecule has 0 unspecified atom stereocenters. The van der Waals surface area contributed by atoms with E-state index >= 15 is 0 Å². The number of carbonyl (C=O) groups excluding carboxylic acids is 2. The maximum absolute atomic E-state index is 14.1. The van der Waals surface area contributed by atoms with Crippen LogP contribution >= 0.6 is 15.9 Å². The van der Waals surface area contributed by atoms with Crippen molar-refractivity contribution in [1.29, 1.82) is 0 Å². The van der Waals surface area contributed by atoms with Gasteiger partial charge in [-0.05, 0) is 69.7 Å². The standard InChI is InChI=1S/C30H36BrN3O6S/c1-20(2)32-30(36)22(4)33(18-23-9-11-24(31)12-10-23)29(35)19-34(25-13-7-21(3)8-14-25)41(37,38)26-15-16-27(39-5)28(17-26)40-6/h7-17,20,22H,18-19H2,1-6H3,(H,32,36)/t22-/m0/s1. The third-order valence-electron chi connectivity index (χ3n) is 6.41. The third-order valence-corrected chi connectivity index (χ3v) is 8.71. The van der Waals surface area contributed by atoms with E-state index in [4.69, 9.17) is 9.47 Å². The summed E-state index contributed by atoms with van der Waals surface area (Å²) in [5, 5.41) is 2.85. The van der Waals surface area contributed by atoms with Gasteiger partial charge in [0, 0.05) is 23.1 Å². The van der Waals surface area contributed by atoms with Crippen molar-refractivity contribution in [2.75, 3.05) is 25.1 Å². The number of hydrogen-bond donors (Lipinski definition) is 1. The van der Waals surface area contributed by atoms with Crippen molar-refractivity contribution in [3.63, 3.8) is 0 Å². The normalized spacial score (nSPS) is 12.0. The van der Waals surface area contributed by atoms with Crippen molar-refractivity contribution < 1.29 is 27.5 Å². The molecule has 0 bridgehead atoms. The van der Waals surface area contributed by atoms with E-state index in [2.05, 4.69) is 21.2 Å². The van der Waals surface area contributed by atoms with Gasteiger partial charge in [0.1, 0.15) is 12.6 Å². The van der Waals surface area contributed by atoms with Crippen molar-refractivity contribution in [1.82, 2.24) is 10.2 Å². The molecular weight excluding hydrogens is 610 g/mol. The fraction of sp³-hybridized carbons (Fsp3) is 0.333. The topological polar surface area (TPSA) is 105 Å². The summed E-state index contributed by atoms with van der Waals surface area (Å²) in [5.41, 5.74) is 2.02. The molecule has 220 valence electrons. The summed E-state index contributed by atoms with van der Waals surface area (Å²) in [6, 6.07) is 17.5. The highest BCUT2D eigenvalue weighted by atomic mass is 79.9. The quantitative estimate of drug-likeness (QED) is 0.300. The van der Waals surface area contributed by atoms with Crippen LogP contribution in [0.3, 0.4) is 0 Å². The first-order chi connectivity index (χ1) is 19.4. The van der Waals surface area contributed by atoms with E-state index in [-0.39, 0.29) is 29.1 Å². The fourth-order valence-corrected chi connectivity index (χ4v) is 5.81. The second-order valence-corrected chi connectivity index (χ2v) is 12.6. The molecule has 0 aliphatic rings. The van der Waals surface area contributed by atoms with Gasteiger partial charge < -0.3 is 19.7 Å². The lowest BCUT2D eigenvalue weighted by molar-refractivity contribution is -0.139. The van der Waals surface area contributed by atoms with Crippen LogP contribution < -0.4 is 19.1 Å². The van der Waals surface area contributed by atoms with Gasteiger partial charge in [-0.15, -0.1) is 0 Å².